The third-order valence-corrected chi connectivity index (χ3v) is 3.00. The van der Waals surface area contributed by atoms with Gasteiger partial charge in [0, 0.05) is 29.8 Å². The van der Waals surface area contributed by atoms with Crippen LogP contribution in [0.3, 0.4) is 0 Å². The van der Waals surface area contributed by atoms with Gasteiger partial charge >= 0.3 is 5.97 Å². The summed E-state index contributed by atoms with van der Waals surface area (Å²) >= 11 is 3.19. The van der Waals surface area contributed by atoms with Crippen LogP contribution < -0.4 is 5.32 Å². The van der Waals surface area contributed by atoms with Gasteiger partial charge in [-0.15, -0.1) is 0 Å². The Morgan fingerprint density at radius 3 is 2.58 bits per heavy atom. The Morgan fingerprint density at radius 2 is 2.00 bits per heavy atom. The molecule has 0 spiro atoms. The second-order valence-electron chi connectivity index (χ2n) is 4.19. The van der Waals surface area contributed by atoms with Crippen molar-refractivity contribution in [1.82, 2.24) is 5.32 Å². The monoisotopic (exact) mass is 329 g/mol. The number of methoxy groups -OCH3 is 1. The number of amides is 1. The van der Waals surface area contributed by atoms with Gasteiger partial charge in [0.05, 0.1) is 5.56 Å². The fourth-order valence-corrected chi connectivity index (χ4v) is 2.01. The lowest BCUT2D eigenvalue weighted by Gasteiger charge is -2.13. The molecule has 104 valence electrons. The summed E-state index contributed by atoms with van der Waals surface area (Å²) < 4.78 is 5.49. The topological polar surface area (TPSA) is 75.6 Å². The van der Waals surface area contributed by atoms with E-state index in [2.05, 4.69) is 21.2 Å². The second kappa shape index (κ2) is 7.25. The summed E-state index contributed by atoms with van der Waals surface area (Å²) in [6.45, 7) is 2.42. The quantitative estimate of drug-likeness (QED) is 0.839. The Hall–Kier alpha value is -1.40. The molecule has 0 aliphatic heterocycles. The predicted molar refractivity (Wildman–Crippen MR) is 74.5 cm³/mol. The lowest BCUT2D eigenvalue weighted by Crippen LogP contribution is -2.33. The first-order valence-electron chi connectivity index (χ1n) is 5.77. The zero-order valence-corrected chi connectivity index (χ0v) is 12.4. The van der Waals surface area contributed by atoms with Crippen molar-refractivity contribution >= 4 is 27.8 Å². The molecule has 0 heterocycles. The van der Waals surface area contributed by atoms with Crippen molar-refractivity contribution in [1.29, 1.82) is 0 Å². The van der Waals surface area contributed by atoms with E-state index >= 15 is 0 Å². The smallest absolute Gasteiger partial charge is 0.335 e. The van der Waals surface area contributed by atoms with Gasteiger partial charge in [-0.3, -0.25) is 4.79 Å². The van der Waals surface area contributed by atoms with Gasteiger partial charge in [0.25, 0.3) is 5.91 Å². The molecule has 0 radical (unpaired) electrons. The van der Waals surface area contributed by atoms with Gasteiger partial charge < -0.3 is 15.2 Å². The molecule has 0 saturated carbocycles. The number of aromatic carboxylic acids is 1. The van der Waals surface area contributed by atoms with Crippen LogP contribution in [0.5, 0.6) is 0 Å². The van der Waals surface area contributed by atoms with Crippen LogP contribution in [-0.2, 0) is 4.74 Å². The summed E-state index contributed by atoms with van der Waals surface area (Å²) in [5.74, 6) is -1.37. The Balaban J connectivity index is 2.79. The van der Waals surface area contributed by atoms with Crippen molar-refractivity contribution < 1.29 is 19.4 Å². The predicted octanol–water partition coefficient (Wildman–Crippen LogP) is 2.30. The number of hydrogen-bond donors (Lipinski definition) is 2. The maximum Gasteiger partial charge on any atom is 0.335 e. The minimum Gasteiger partial charge on any atom is -0.478 e. The molecule has 0 aromatic heterocycles. The van der Waals surface area contributed by atoms with Crippen molar-refractivity contribution in [2.24, 2.45) is 0 Å². The summed E-state index contributed by atoms with van der Waals surface area (Å²) in [4.78, 5) is 22.9. The second-order valence-corrected chi connectivity index (χ2v) is 5.11. The SMILES string of the molecule is COCCC(C)NC(=O)c1cc(Br)cc(C(=O)O)c1. The highest BCUT2D eigenvalue weighted by molar-refractivity contribution is 9.10. The standard InChI is InChI=1S/C13H16BrNO4/c1-8(3-4-19-2)15-12(16)9-5-10(13(17)18)7-11(14)6-9/h5-8H,3-4H2,1-2H3,(H,15,16)(H,17,18). The molecule has 1 aromatic carbocycles. The molecule has 19 heavy (non-hydrogen) atoms. The van der Waals surface area contributed by atoms with Crippen LogP contribution in [-0.4, -0.2) is 36.7 Å². The molecule has 1 unspecified atom stereocenters. The van der Waals surface area contributed by atoms with E-state index in [0.717, 1.165) is 0 Å². The number of halogens is 1. The molecule has 1 atom stereocenters. The molecule has 0 saturated heterocycles. The number of carboxylic acid groups (broad SMARTS) is 1. The van der Waals surface area contributed by atoms with Crippen LogP contribution in [0.1, 0.15) is 34.1 Å². The van der Waals surface area contributed by atoms with Crippen molar-refractivity contribution in [3.05, 3.63) is 33.8 Å². The van der Waals surface area contributed by atoms with Crippen LogP contribution in [0.25, 0.3) is 0 Å². The normalized spacial score (nSPS) is 11.9. The highest BCUT2D eigenvalue weighted by Gasteiger charge is 2.13. The zero-order chi connectivity index (χ0) is 14.4. The molecular formula is C13H16BrNO4. The molecule has 5 nitrogen and oxygen atoms in total. The molecule has 2 N–H and O–H groups in total. The Labute approximate surface area is 120 Å². The molecule has 0 aliphatic carbocycles. The number of hydrogen-bond acceptors (Lipinski definition) is 3. The third-order valence-electron chi connectivity index (χ3n) is 2.54. The van der Waals surface area contributed by atoms with Gasteiger partial charge in [0.1, 0.15) is 0 Å². The maximum absolute atomic E-state index is 12.0. The number of carbonyl (C=O) groups is 2. The van der Waals surface area contributed by atoms with Crippen molar-refractivity contribution in [2.45, 2.75) is 19.4 Å². The highest BCUT2D eigenvalue weighted by Crippen LogP contribution is 2.16. The van der Waals surface area contributed by atoms with Gasteiger partial charge in [0.2, 0.25) is 0 Å². The van der Waals surface area contributed by atoms with E-state index in [9.17, 15) is 9.59 Å². The van der Waals surface area contributed by atoms with E-state index in [-0.39, 0.29) is 17.5 Å². The van der Waals surface area contributed by atoms with E-state index in [4.69, 9.17) is 9.84 Å². The number of nitrogens with one attached hydrogen (secondary N) is 1. The van der Waals surface area contributed by atoms with Crippen molar-refractivity contribution in [3.8, 4) is 0 Å². The van der Waals surface area contributed by atoms with Crippen LogP contribution in [0.2, 0.25) is 0 Å². The zero-order valence-electron chi connectivity index (χ0n) is 10.8. The Morgan fingerprint density at radius 1 is 1.37 bits per heavy atom. The fraction of sp³-hybridized carbons (Fsp3) is 0.385. The van der Waals surface area contributed by atoms with E-state index in [0.29, 0.717) is 23.1 Å². The van der Waals surface area contributed by atoms with E-state index in [1.54, 1.807) is 13.2 Å². The van der Waals surface area contributed by atoms with Gasteiger partial charge in [-0.05, 0) is 31.5 Å². The highest BCUT2D eigenvalue weighted by atomic mass is 79.9. The number of ether oxygens (including phenoxy) is 1. The first-order chi connectivity index (χ1) is 8.93. The van der Waals surface area contributed by atoms with Crippen molar-refractivity contribution in [2.75, 3.05) is 13.7 Å². The number of carbonyl (C=O) groups excluding carboxylic acids is 1. The van der Waals surface area contributed by atoms with Gasteiger partial charge in [-0.2, -0.15) is 0 Å². The largest absolute Gasteiger partial charge is 0.478 e. The summed E-state index contributed by atoms with van der Waals surface area (Å²) in [5.41, 5.74) is 0.389. The average molecular weight is 330 g/mol. The van der Waals surface area contributed by atoms with Gasteiger partial charge in [-0.1, -0.05) is 15.9 Å². The van der Waals surface area contributed by atoms with E-state index in [1.807, 2.05) is 6.92 Å². The van der Waals surface area contributed by atoms with Gasteiger partial charge in [0.15, 0.2) is 0 Å². The molecule has 0 aliphatic rings. The van der Waals surface area contributed by atoms with Crippen LogP contribution in [0, 0.1) is 0 Å². The fourth-order valence-electron chi connectivity index (χ4n) is 1.52. The summed E-state index contributed by atoms with van der Waals surface area (Å²) in [7, 11) is 1.60. The molecule has 1 amide bonds. The molecular weight excluding hydrogens is 314 g/mol. The summed E-state index contributed by atoms with van der Waals surface area (Å²) in [6.07, 6.45) is 0.696. The number of carboxylic acids is 1. The minimum atomic E-state index is -1.07. The lowest BCUT2D eigenvalue weighted by atomic mass is 10.1. The molecule has 0 fully saturated rings. The number of benzene rings is 1. The van der Waals surface area contributed by atoms with Crippen LogP contribution in [0.4, 0.5) is 0 Å². The average Bonchev–Trinajstić information content (AvgIpc) is 2.35. The number of rotatable bonds is 6. The van der Waals surface area contributed by atoms with Crippen molar-refractivity contribution in [3.63, 3.8) is 0 Å². The first-order valence-corrected chi connectivity index (χ1v) is 6.57. The summed E-state index contributed by atoms with van der Waals surface area (Å²) in [5, 5.41) is 11.7. The molecule has 1 aromatic rings. The third kappa shape index (κ3) is 5.00. The molecule has 6 heteroatoms. The summed E-state index contributed by atoms with van der Waals surface area (Å²) in [6, 6.07) is 4.35. The molecule has 0 bridgehead atoms. The van der Waals surface area contributed by atoms with Crippen LogP contribution >= 0.6 is 15.9 Å². The van der Waals surface area contributed by atoms with E-state index < -0.39 is 5.97 Å². The lowest BCUT2D eigenvalue weighted by molar-refractivity contribution is 0.0697. The van der Waals surface area contributed by atoms with E-state index in [1.165, 1.54) is 12.1 Å². The van der Waals surface area contributed by atoms with Gasteiger partial charge in [-0.25, -0.2) is 4.79 Å². The van der Waals surface area contributed by atoms with Crippen LogP contribution in [0.15, 0.2) is 22.7 Å². The Bertz CT molecular complexity index is 476. The Kier molecular flexibility index (Phi) is 5.98. The maximum atomic E-state index is 12.0. The minimum absolute atomic E-state index is 0.0419. The molecule has 1 rings (SSSR count). The first kappa shape index (κ1) is 15.7.